The van der Waals surface area contributed by atoms with Crippen molar-refractivity contribution in [3.8, 4) is 0 Å². The second-order valence-corrected chi connectivity index (χ2v) is 2.23. The molecule has 0 spiro atoms. The first-order chi connectivity index (χ1) is 5.77. The van der Waals surface area contributed by atoms with Gasteiger partial charge in [0.1, 0.15) is 6.34 Å². The molecule has 0 aliphatic carbocycles. The molecule has 1 radical (unpaired) electrons. The zero-order chi connectivity index (χ0) is 8.55. The van der Waals surface area contributed by atoms with E-state index in [1.54, 1.807) is 6.92 Å². The highest BCUT2D eigenvalue weighted by Gasteiger charge is 2.16. The van der Waals surface area contributed by atoms with E-state index in [0.29, 0.717) is 23.3 Å². The normalized spacial score (nSPS) is 15.4. The van der Waals surface area contributed by atoms with E-state index in [1.807, 2.05) is 0 Å². The van der Waals surface area contributed by atoms with Crippen molar-refractivity contribution in [1.29, 1.82) is 0 Å². The molecule has 0 atom stereocenters. The van der Waals surface area contributed by atoms with Crippen molar-refractivity contribution in [3.05, 3.63) is 17.6 Å². The summed E-state index contributed by atoms with van der Waals surface area (Å²) in [5.74, 6) is 1.09. The Labute approximate surface area is 68.2 Å². The van der Waals surface area contributed by atoms with Crippen molar-refractivity contribution in [2.75, 3.05) is 0 Å². The third kappa shape index (κ3) is 0.931. The molecule has 1 aromatic rings. The smallest absolute Gasteiger partial charge is 0.270 e. The largest absolute Gasteiger partial charge is 0.420 e. The summed E-state index contributed by atoms with van der Waals surface area (Å²) < 4.78 is 5.10. The molecule has 2 N–H and O–H groups in total. The highest BCUT2D eigenvalue weighted by molar-refractivity contribution is 5.78. The molecule has 1 aromatic heterocycles. The summed E-state index contributed by atoms with van der Waals surface area (Å²) in [4.78, 5) is 3.87. The zero-order valence-electron chi connectivity index (χ0n) is 6.35. The number of aryl methyl sites for hydroxylation is 1. The maximum atomic E-state index is 5.48. The Balaban J connectivity index is 2.43. The SMILES string of the molecule is Cc1nnc(C2=C(N)[N]C=N2)o1. The van der Waals surface area contributed by atoms with E-state index in [2.05, 4.69) is 20.5 Å². The minimum absolute atomic E-state index is 0.304. The Hall–Kier alpha value is -1.85. The van der Waals surface area contributed by atoms with Gasteiger partial charge in [0.05, 0.1) is 0 Å². The van der Waals surface area contributed by atoms with Crippen LogP contribution < -0.4 is 11.1 Å². The highest BCUT2D eigenvalue weighted by Crippen LogP contribution is 2.17. The number of nitrogens with two attached hydrogens (primary N) is 1. The van der Waals surface area contributed by atoms with Crippen LogP contribution in [0.4, 0.5) is 0 Å². The summed E-state index contributed by atoms with van der Waals surface area (Å²) in [6.07, 6.45) is 1.35. The second kappa shape index (κ2) is 2.33. The van der Waals surface area contributed by atoms with Crippen molar-refractivity contribution in [2.24, 2.45) is 10.7 Å². The molecule has 2 rings (SSSR count). The number of hydrogen-bond acceptors (Lipinski definition) is 5. The molecule has 0 aromatic carbocycles. The molecule has 6 heteroatoms. The van der Waals surface area contributed by atoms with Crippen LogP contribution >= 0.6 is 0 Å². The highest BCUT2D eigenvalue weighted by atomic mass is 16.4. The lowest BCUT2D eigenvalue weighted by Gasteiger charge is -1.90. The third-order valence-electron chi connectivity index (χ3n) is 1.35. The van der Waals surface area contributed by atoms with Gasteiger partial charge in [-0.1, -0.05) is 0 Å². The lowest BCUT2D eigenvalue weighted by atomic mass is 10.4. The summed E-state index contributed by atoms with van der Waals surface area (Å²) in [5.41, 5.74) is 5.92. The van der Waals surface area contributed by atoms with E-state index in [1.165, 1.54) is 6.34 Å². The third-order valence-corrected chi connectivity index (χ3v) is 1.35. The Kier molecular flexibility index (Phi) is 1.33. The van der Waals surface area contributed by atoms with Crippen LogP contribution in [0.15, 0.2) is 15.2 Å². The molecule has 0 amide bonds. The topological polar surface area (TPSA) is 91.4 Å². The minimum Gasteiger partial charge on any atom is -0.420 e. The van der Waals surface area contributed by atoms with Gasteiger partial charge in [0.15, 0.2) is 11.5 Å². The van der Waals surface area contributed by atoms with Crippen LogP contribution in [-0.4, -0.2) is 16.5 Å². The molecule has 0 saturated heterocycles. The molecule has 61 valence electrons. The molecule has 0 unspecified atom stereocenters. The average molecular weight is 164 g/mol. The Morgan fingerprint density at radius 2 is 2.25 bits per heavy atom. The second-order valence-electron chi connectivity index (χ2n) is 2.23. The van der Waals surface area contributed by atoms with Crippen LogP contribution in [0.1, 0.15) is 11.8 Å². The van der Waals surface area contributed by atoms with E-state index in [-0.39, 0.29) is 0 Å². The molecule has 2 heterocycles. The fraction of sp³-hybridized carbons (Fsp3) is 0.167. The molecule has 1 aliphatic rings. The average Bonchev–Trinajstić information content (AvgIpc) is 2.58. The fourth-order valence-electron chi connectivity index (χ4n) is 0.833. The van der Waals surface area contributed by atoms with E-state index < -0.39 is 0 Å². The van der Waals surface area contributed by atoms with Gasteiger partial charge >= 0.3 is 0 Å². The van der Waals surface area contributed by atoms with Gasteiger partial charge in [0.25, 0.3) is 5.89 Å². The van der Waals surface area contributed by atoms with Crippen LogP contribution in [0, 0.1) is 6.92 Å². The number of hydrogen-bond donors (Lipinski definition) is 1. The van der Waals surface area contributed by atoms with Crippen LogP contribution in [0.25, 0.3) is 5.70 Å². The summed E-state index contributed by atoms with van der Waals surface area (Å²) in [7, 11) is 0. The van der Waals surface area contributed by atoms with Crippen LogP contribution in [0.5, 0.6) is 0 Å². The van der Waals surface area contributed by atoms with Crippen LogP contribution in [0.3, 0.4) is 0 Å². The number of aromatic nitrogens is 2. The number of nitrogens with zero attached hydrogens (tertiary/aromatic N) is 4. The molecule has 0 bridgehead atoms. The lowest BCUT2D eigenvalue weighted by Crippen LogP contribution is -2.07. The maximum absolute atomic E-state index is 5.48. The Bertz CT molecular complexity index is 364. The molecule has 0 saturated carbocycles. The van der Waals surface area contributed by atoms with Crippen LogP contribution in [0.2, 0.25) is 0 Å². The summed E-state index contributed by atoms with van der Waals surface area (Å²) in [5, 5.41) is 11.1. The number of rotatable bonds is 1. The van der Waals surface area contributed by atoms with E-state index in [4.69, 9.17) is 10.2 Å². The number of aliphatic imine (C=N–C) groups is 1. The Morgan fingerprint density at radius 1 is 1.42 bits per heavy atom. The summed E-state index contributed by atoms with van der Waals surface area (Å²) >= 11 is 0. The van der Waals surface area contributed by atoms with Crippen molar-refractivity contribution < 1.29 is 4.42 Å². The van der Waals surface area contributed by atoms with Crippen molar-refractivity contribution in [3.63, 3.8) is 0 Å². The van der Waals surface area contributed by atoms with Gasteiger partial charge in [-0.05, 0) is 0 Å². The molecule has 12 heavy (non-hydrogen) atoms. The van der Waals surface area contributed by atoms with Crippen molar-refractivity contribution in [1.82, 2.24) is 15.5 Å². The van der Waals surface area contributed by atoms with Crippen LogP contribution in [-0.2, 0) is 0 Å². The van der Waals surface area contributed by atoms with E-state index in [9.17, 15) is 0 Å². The van der Waals surface area contributed by atoms with Gasteiger partial charge in [0, 0.05) is 6.92 Å². The fourth-order valence-corrected chi connectivity index (χ4v) is 0.833. The Morgan fingerprint density at radius 3 is 2.75 bits per heavy atom. The van der Waals surface area contributed by atoms with Crippen molar-refractivity contribution >= 4 is 12.0 Å². The van der Waals surface area contributed by atoms with Gasteiger partial charge in [0.2, 0.25) is 5.89 Å². The van der Waals surface area contributed by atoms with Gasteiger partial charge in [-0.2, -0.15) is 0 Å². The lowest BCUT2D eigenvalue weighted by molar-refractivity contribution is 0.505. The molecular formula is C6H6N5O. The molecule has 1 aliphatic heterocycles. The van der Waals surface area contributed by atoms with Gasteiger partial charge in [-0.15, -0.1) is 10.2 Å². The molecule has 0 fully saturated rings. The van der Waals surface area contributed by atoms with E-state index >= 15 is 0 Å². The maximum Gasteiger partial charge on any atom is 0.270 e. The monoisotopic (exact) mass is 164 g/mol. The van der Waals surface area contributed by atoms with Gasteiger partial charge in [-0.3, -0.25) is 0 Å². The summed E-state index contributed by atoms with van der Waals surface area (Å²) in [6.45, 7) is 1.70. The standard InChI is InChI=1S/C6H6N5O/c1-3-10-11-6(12-3)4-5(7)9-2-8-4/h2H,7H2,1H3. The first-order valence-corrected chi connectivity index (χ1v) is 3.31. The quantitative estimate of drug-likeness (QED) is 0.611. The minimum atomic E-state index is 0.304. The first kappa shape index (κ1) is 6.84. The first-order valence-electron chi connectivity index (χ1n) is 3.31. The van der Waals surface area contributed by atoms with Crippen molar-refractivity contribution in [2.45, 2.75) is 6.92 Å². The van der Waals surface area contributed by atoms with Gasteiger partial charge < -0.3 is 10.2 Å². The predicted octanol–water partition coefficient (Wildman–Crippen LogP) is -0.391. The molecular weight excluding hydrogens is 158 g/mol. The zero-order valence-corrected chi connectivity index (χ0v) is 6.35. The summed E-state index contributed by atoms with van der Waals surface area (Å²) in [6, 6.07) is 0. The molecule has 6 nitrogen and oxygen atoms in total. The van der Waals surface area contributed by atoms with E-state index in [0.717, 1.165) is 0 Å². The predicted molar refractivity (Wildman–Crippen MR) is 40.8 cm³/mol. The van der Waals surface area contributed by atoms with Gasteiger partial charge in [-0.25, -0.2) is 10.3 Å².